The van der Waals surface area contributed by atoms with Crippen LogP contribution in [0.4, 0.5) is 0 Å². The Balaban J connectivity index is 1.89. The molecule has 6 nitrogen and oxygen atoms in total. The Bertz CT molecular complexity index is 1040. The molecule has 0 aromatic heterocycles. The van der Waals surface area contributed by atoms with Gasteiger partial charge in [0.25, 0.3) is 11.7 Å². The minimum absolute atomic E-state index is 0.0366. The highest BCUT2D eigenvalue weighted by Gasteiger charge is 2.49. The van der Waals surface area contributed by atoms with Crippen molar-refractivity contribution in [3.8, 4) is 11.5 Å². The molecule has 7 heteroatoms. The fraction of sp³-hybridized carbons (Fsp3) is 0.304. The number of carbonyl (C=O) groups excluding carboxylic acids is 2. The number of ether oxygens (including phenoxy) is 1. The molecule has 1 unspecified atom stereocenters. The molecule has 0 bridgehead atoms. The summed E-state index contributed by atoms with van der Waals surface area (Å²) in [6, 6.07) is 10.6. The average molecular weight is 472 g/mol. The van der Waals surface area contributed by atoms with Gasteiger partial charge in [-0.05, 0) is 64.7 Å². The van der Waals surface area contributed by atoms with Crippen molar-refractivity contribution >= 4 is 33.4 Å². The van der Waals surface area contributed by atoms with E-state index >= 15 is 0 Å². The molecule has 1 aliphatic carbocycles. The van der Waals surface area contributed by atoms with E-state index < -0.39 is 17.7 Å². The van der Waals surface area contributed by atoms with Crippen molar-refractivity contribution < 1.29 is 24.5 Å². The van der Waals surface area contributed by atoms with Crippen LogP contribution in [0.5, 0.6) is 11.5 Å². The first kappa shape index (κ1) is 20.5. The minimum Gasteiger partial charge on any atom is -0.508 e. The second-order valence-electron chi connectivity index (χ2n) is 7.59. The topological polar surface area (TPSA) is 87.1 Å². The zero-order chi connectivity index (χ0) is 21.4. The summed E-state index contributed by atoms with van der Waals surface area (Å²) >= 11 is 3.39. The van der Waals surface area contributed by atoms with E-state index in [1.54, 1.807) is 35.2 Å². The fourth-order valence-electron chi connectivity index (χ4n) is 4.40. The van der Waals surface area contributed by atoms with Gasteiger partial charge in [-0.3, -0.25) is 9.59 Å². The van der Waals surface area contributed by atoms with Crippen LogP contribution in [0.1, 0.15) is 42.9 Å². The van der Waals surface area contributed by atoms with Gasteiger partial charge in [-0.1, -0.05) is 25.0 Å². The number of phenolic OH excluding ortho intramolecular Hbond substituents is 1. The molecule has 156 valence electrons. The number of aromatic hydroxyl groups is 1. The van der Waals surface area contributed by atoms with Crippen LogP contribution in [0.15, 0.2) is 52.5 Å². The highest BCUT2D eigenvalue weighted by molar-refractivity contribution is 9.10. The third-order valence-corrected chi connectivity index (χ3v) is 6.43. The van der Waals surface area contributed by atoms with Crippen molar-refractivity contribution in [3.63, 3.8) is 0 Å². The summed E-state index contributed by atoms with van der Waals surface area (Å²) < 4.78 is 5.85. The molecule has 30 heavy (non-hydrogen) atoms. The van der Waals surface area contributed by atoms with Gasteiger partial charge in [0.1, 0.15) is 17.3 Å². The van der Waals surface area contributed by atoms with Crippen LogP contribution in [0, 0.1) is 0 Å². The number of likely N-dealkylation sites (tertiary alicyclic amines) is 1. The van der Waals surface area contributed by atoms with Crippen LogP contribution in [-0.4, -0.2) is 40.0 Å². The Labute approximate surface area is 182 Å². The third-order valence-electron chi connectivity index (χ3n) is 5.81. The van der Waals surface area contributed by atoms with Gasteiger partial charge >= 0.3 is 0 Å². The molecule has 2 aromatic carbocycles. The number of Topliss-reactive ketones (excluding diaryl/α,β-unsaturated/α-hetero) is 1. The third kappa shape index (κ3) is 3.47. The number of aliphatic hydroxyl groups is 1. The largest absolute Gasteiger partial charge is 0.508 e. The summed E-state index contributed by atoms with van der Waals surface area (Å²) in [4.78, 5) is 27.7. The summed E-state index contributed by atoms with van der Waals surface area (Å²) in [6.07, 6.45) is 3.62. The molecular weight excluding hydrogens is 450 g/mol. The summed E-state index contributed by atoms with van der Waals surface area (Å²) in [5.41, 5.74) is 1.03. The molecule has 1 saturated carbocycles. The van der Waals surface area contributed by atoms with Crippen LogP contribution < -0.4 is 4.74 Å². The van der Waals surface area contributed by atoms with Gasteiger partial charge in [-0.2, -0.15) is 0 Å². The first-order valence-electron chi connectivity index (χ1n) is 9.85. The number of nitrogens with zero attached hydrogens (tertiary/aromatic N) is 1. The van der Waals surface area contributed by atoms with Crippen LogP contribution in [0.3, 0.4) is 0 Å². The molecule has 1 atom stereocenters. The van der Waals surface area contributed by atoms with E-state index in [9.17, 15) is 19.8 Å². The van der Waals surface area contributed by atoms with Crippen LogP contribution in [0.25, 0.3) is 5.76 Å². The zero-order valence-corrected chi connectivity index (χ0v) is 18.1. The zero-order valence-electron chi connectivity index (χ0n) is 16.5. The van der Waals surface area contributed by atoms with E-state index in [0.717, 1.165) is 25.7 Å². The normalized spacial score (nSPS) is 21.4. The number of methoxy groups -OCH3 is 1. The van der Waals surface area contributed by atoms with Gasteiger partial charge < -0.3 is 19.8 Å². The van der Waals surface area contributed by atoms with Crippen molar-refractivity contribution in [3.05, 3.63) is 63.6 Å². The number of aliphatic hydroxyl groups excluding tert-OH is 1. The lowest BCUT2D eigenvalue weighted by atomic mass is 9.94. The SMILES string of the molecule is COc1ccc(/C(O)=C2/C(=O)C(=O)N(C3CCCC3)C2c2cccc(O)c2)cc1Br. The molecule has 4 rings (SSSR count). The summed E-state index contributed by atoms with van der Waals surface area (Å²) in [7, 11) is 1.54. The Morgan fingerprint density at radius 2 is 1.87 bits per heavy atom. The maximum Gasteiger partial charge on any atom is 0.295 e. The number of ketones is 1. The van der Waals surface area contributed by atoms with E-state index in [0.29, 0.717) is 21.3 Å². The van der Waals surface area contributed by atoms with Crippen molar-refractivity contribution in [2.24, 2.45) is 0 Å². The highest BCUT2D eigenvalue weighted by Crippen LogP contribution is 2.44. The number of amides is 1. The van der Waals surface area contributed by atoms with E-state index in [1.807, 2.05) is 0 Å². The van der Waals surface area contributed by atoms with Gasteiger partial charge in [0.2, 0.25) is 0 Å². The Kier molecular flexibility index (Phi) is 5.56. The number of phenols is 1. The number of benzene rings is 2. The minimum atomic E-state index is -0.749. The summed E-state index contributed by atoms with van der Waals surface area (Å²) in [6.45, 7) is 0. The van der Waals surface area contributed by atoms with E-state index in [4.69, 9.17) is 4.74 Å². The predicted molar refractivity (Wildman–Crippen MR) is 115 cm³/mol. The lowest BCUT2D eigenvalue weighted by Gasteiger charge is -2.30. The summed E-state index contributed by atoms with van der Waals surface area (Å²) in [5.74, 6) is -0.936. The van der Waals surface area contributed by atoms with Gasteiger partial charge in [0.15, 0.2) is 0 Å². The van der Waals surface area contributed by atoms with Gasteiger partial charge in [0.05, 0.1) is 23.2 Å². The first-order valence-corrected chi connectivity index (χ1v) is 10.6. The van der Waals surface area contributed by atoms with Gasteiger partial charge in [0, 0.05) is 11.6 Å². The Hall–Kier alpha value is -2.80. The number of carbonyl (C=O) groups is 2. The van der Waals surface area contributed by atoms with Crippen molar-refractivity contribution in [2.45, 2.75) is 37.8 Å². The van der Waals surface area contributed by atoms with Crippen LogP contribution in [-0.2, 0) is 9.59 Å². The number of halogens is 1. The number of hydrogen-bond acceptors (Lipinski definition) is 5. The van der Waals surface area contributed by atoms with Crippen molar-refractivity contribution in [2.75, 3.05) is 7.11 Å². The quantitative estimate of drug-likeness (QED) is 0.388. The van der Waals surface area contributed by atoms with Crippen LogP contribution >= 0.6 is 15.9 Å². The molecule has 1 saturated heterocycles. The van der Waals surface area contributed by atoms with Crippen LogP contribution in [0.2, 0.25) is 0 Å². The second kappa shape index (κ2) is 8.14. The second-order valence-corrected chi connectivity index (χ2v) is 8.44. The van der Waals surface area contributed by atoms with Gasteiger partial charge in [-0.25, -0.2) is 0 Å². The monoisotopic (exact) mass is 471 g/mol. The highest BCUT2D eigenvalue weighted by atomic mass is 79.9. The van der Waals surface area contributed by atoms with Gasteiger partial charge in [-0.15, -0.1) is 0 Å². The lowest BCUT2D eigenvalue weighted by molar-refractivity contribution is -0.141. The Morgan fingerprint density at radius 3 is 2.50 bits per heavy atom. The predicted octanol–water partition coefficient (Wildman–Crippen LogP) is 4.53. The molecule has 1 amide bonds. The molecular formula is C23H22BrNO5. The number of hydrogen-bond donors (Lipinski definition) is 2. The molecule has 2 aromatic rings. The maximum atomic E-state index is 13.1. The molecule has 1 aliphatic heterocycles. The van der Waals surface area contributed by atoms with E-state index in [1.165, 1.54) is 19.2 Å². The van der Waals surface area contributed by atoms with E-state index in [2.05, 4.69) is 15.9 Å². The average Bonchev–Trinajstić information content (AvgIpc) is 3.34. The lowest BCUT2D eigenvalue weighted by Crippen LogP contribution is -2.37. The first-order chi connectivity index (χ1) is 14.4. The standard InChI is InChI=1S/C23H22BrNO5/c1-30-18-10-9-14(12-17(18)24)21(27)19-20(13-5-4-8-16(26)11-13)25(23(29)22(19)28)15-6-2-3-7-15/h4-5,8-12,15,20,26-27H,2-3,6-7H2,1H3/b21-19-. The molecule has 2 aliphatic rings. The molecule has 2 fully saturated rings. The maximum absolute atomic E-state index is 13.1. The Morgan fingerprint density at radius 1 is 1.13 bits per heavy atom. The molecule has 0 spiro atoms. The molecule has 2 N–H and O–H groups in total. The number of rotatable bonds is 4. The van der Waals surface area contributed by atoms with E-state index in [-0.39, 0.29) is 23.1 Å². The fourth-order valence-corrected chi connectivity index (χ4v) is 4.94. The molecule has 0 radical (unpaired) electrons. The van der Waals surface area contributed by atoms with Crippen molar-refractivity contribution in [1.82, 2.24) is 4.90 Å². The summed E-state index contributed by atoms with van der Waals surface area (Å²) in [5, 5.41) is 21.1. The van der Waals surface area contributed by atoms with Crippen molar-refractivity contribution in [1.29, 1.82) is 0 Å². The smallest absolute Gasteiger partial charge is 0.295 e. The molecule has 1 heterocycles.